The first-order valence-electron chi connectivity index (χ1n) is 7.57. The van der Waals surface area contributed by atoms with Gasteiger partial charge in [-0.3, -0.25) is 4.90 Å². The van der Waals surface area contributed by atoms with E-state index in [9.17, 15) is 4.39 Å². The fourth-order valence-electron chi connectivity index (χ4n) is 2.90. The molecule has 0 radical (unpaired) electrons. The Kier molecular flexibility index (Phi) is 4.63. The maximum absolute atomic E-state index is 13.7. The standard InChI is InChI=1S/C18H21FN2/c19-17-9-5-4-6-15(17)10-12-21-13-11-20-18(14-21)16-7-2-1-3-8-16/h1-9,18,20H,10-14H2. The van der Waals surface area contributed by atoms with Crippen LogP contribution in [0.2, 0.25) is 0 Å². The predicted molar refractivity (Wildman–Crippen MR) is 83.7 cm³/mol. The normalized spacial score (nSPS) is 19.6. The Hall–Kier alpha value is -1.71. The number of piperazine rings is 1. The zero-order valence-corrected chi connectivity index (χ0v) is 12.1. The molecular weight excluding hydrogens is 263 g/mol. The van der Waals surface area contributed by atoms with E-state index in [-0.39, 0.29) is 5.82 Å². The van der Waals surface area contributed by atoms with Gasteiger partial charge in [0.05, 0.1) is 0 Å². The monoisotopic (exact) mass is 284 g/mol. The van der Waals surface area contributed by atoms with E-state index in [1.54, 1.807) is 12.1 Å². The van der Waals surface area contributed by atoms with Crippen LogP contribution in [0.5, 0.6) is 0 Å². The van der Waals surface area contributed by atoms with Crippen molar-refractivity contribution in [3.8, 4) is 0 Å². The SMILES string of the molecule is Fc1ccccc1CCN1CCNC(c2ccccc2)C1. The molecule has 1 heterocycles. The Morgan fingerprint density at radius 2 is 1.81 bits per heavy atom. The van der Waals surface area contributed by atoms with E-state index >= 15 is 0 Å². The van der Waals surface area contributed by atoms with Gasteiger partial charge in [0, 0.05) is 32.2 Å². The molecule has 2 nitrogen and oxygen atoms in total. The fraction of sp³-hybridized carbons (Fsp3) is 0.333. The van der Waals surface area contributed by atoms with Crippen LogP contribution in [0.25, 0.3) is 0 Å². The Morgan fingerprint density at radius 3 is 2.62 bits per heavy atom. The molecule has 0 saturated carbocycles. The summed E-state index contributed by atoms with van der Waals surface area (Å²) in [5.41, 5.74) is 2.14. The van der Waals surface area contributed by atoms with Crippen LogP contribution in [0.15, 0.2) is 54.6 Å². The largest absolute Gasteiger partial charge is 0.308 e. The molecule has 1 unspecified atom stereocenters. The lowest BCUT2D eigenvalue weighted by Gasteiger charge is -2.34. The summed E-state index contributed by atoms with van der Waals surface area (Å²) in [6.07, 6.45) is 0.772. The number of rotatable bonds is 4. The number of hydrogen-bond acceptors (Lipinski definition) is 2. The molecule has 3 heteroatoms. The van der Waals surface area contributed by atoms with Gasteiger partial charge in [-0.2, -0.15) is 0 Å². The van der Waals surface area contributed by atoms with Gasteiger partial charge in [-0.15, -0.1) is 0 Å². The minimum absolute atomic E-state index is 0.0905. The summed E-state index contributed by atoms with van der Waals surface area (Å²) in [5, 5.41) is 3.56. The average molecular weight is 284 g/mol. The zero-order valence-electron chi connectivity index (χ0n) is 12.1. The van der Waals surface area contributed by atoms with Crippen LogP contribution in [0.4, 0.5) is 4.39 Å². The van der Waals surface area contributed by atoms with Crippen LogP contribution < -0.4 is 5.32 Å². The summed E-state index contributed by atoms with van der Waals surface area (Å²) in [4.78, 5) is 2.42. The summed E-state index contributed by atoms with van der Waals surface area (Å²) in [6, 6.07) is 18.0. The van der Waals surface area contributed by atoms with E-state index in [4.69, 9.17) is 0 Å². The van der Waals surface area contributed by atoms with Gasteiger partial charge in [-0.1, -0.05) is 48.5 Å². The fourth-order valence-corrected chi connectivity index (χ4v) is 2.90. The van der Waals surface area contributed by atoms with Crippen molar-refractivity contribution in [2.75, 3.05) is 26.2 Å². The van der Waals surface area contributed by atoms with Gasteiger partial charge in [0.25, 0.3) is 0 Å². The van der Waals surface area contributed by atoms with Crippen molar-refractivity contribution in [2.45, 2.75) is 12.5 Å². The van der Waals surface area contributed by atoms with E-state index in [2.05, 4.69) is 34.5 Å². The van der Waals surface area contributed by atoms with Crippen LogP contribution in [0, 0.1) is 5.82 Å². The molecule has 0 aliphatic carbocycles. The molecule has 1 aliphatic rings. The van der Waals surface area contributed by atoms with Crippen molar-refractivity contribution < 1.29 is 4.39 Å². The lowest BCUT2D eigenvalue weighted by atomic mass is 10.0. The topological polar surface area (TPSA) is 15.3 Å². The summed E-state index contributed by atoms with van der Waals surface area (Å²) in [7, 11) is 0. The highest BCUT2D eigenvalue weighted by Crippen LogP contribution is 2.17. The molecule has 3 rings (SSSR count). The van der Waals surface area contributed by atoms with Crippen LogP contribution in [0.3, 0.4) is 0 Å². The van der Waals surface area contributed by atoms with Gasteiger partial charge < -0.3 is 5.32 Å². The Balaban J connectivity index is 1.58. The molecule has 0 spiro atoms. The molecular formula is C18H21FN2. The third kappa shape index (κ3) is 3.69. The van der Waals surface area contributed by atoms with Crippen molar-refractivity contribution in [3.63, 3.8) is 0 Å². The highest BCUT2D eigenvalue weighted by atomic mass is 19.1. The van der Waals surface area contributed by atoms with Gasteiger partial charge >= 0.3 is 0 Å². The van der Waals surface area contributed by atoms with Gasteiger partial charge in [0.15, 0.2) is 0 Å². The number of hydrogen-bond donors (Lipinski definition) is 1. The zero-order chi connectivity index (χ0) is 14.5. The summed E-state index contributed by atoms with van der Waals surface area (Å²) >= 11 is 0. The molecule has 0 amide bonds. The molecule has 2 aromatic carbocycles. The van der Waals surface area contributed by atoms with Gasteiger partial charge in [-0.05, 0) is 23.6 Å². The maximum Gasteiger partial charge on any atom is 0.126 e. The maximum atomic E-state index is 13.7. The number of halogens is 1. The van der Waals surface area contributed by atoms with Crippen molar-refractivity contribution in [3.05, 3.63) is 71.5 Å². The summed E-state index contributed by atoms with van der Waals surface area (Å²) in [6.45, 7) is 3.90. The summed E-state index contributed by atoms with van der Waals surface area (Å²) < 4.78 is 13.7. The first kappa shape index (κ1) is 14.2. The molecule has 0 bridgehead atoms. The highest BCUT2D eigenvalue weighted by Gasteiger charge is 2.20. The number of nitrogens with zero attached hydrogens (tertiary/aromatic N) is 1. The van der Waals surface area contributed by atoms with Crippen LogP contribution in [0.1, 0.15) is 17.2 Å². The van der Waals surface area contributed by atoms with Crippen molar-refractivity contribution >= 4 is 0 Å². The second-order valence-corrected chi connectivity index (χ2v) is 5.56. The van der Waals surface area contributed by atoms with Crippen molar-refractivity contribution in [1.82, 2.24) is 10.2 Å². The molecule has 1 saturated heterocycles. The van der Waals surface area contributed by atoms with E-state index in [0.29, 0.717) is 6.04 Å². The molecule has 1 aliphatic heterocycles. The lowest BCUT2D eigenvalue weighted by molar-refractivity contribution is 0.202. The average Bonchev–Trinajstić information content (AvgIpc) is 2.55. The molecule has 1 fully saturated rings. The first-order valence-corrected chi connectivity index (χ1v) is 7.57. The third-order valence-electron chi connectivity index (χ3n) is 4.12. The molecule has 110 valence electrons. The van der Waals surface area contributed by atoms with Gasteiger partial charge in [0.2, 0.25) is 0 Å². The van der Waals surface area contributed by atoms with E-state index in [0.717, 1.165) is 38.2 Å². The van der Waals surface area contributed by atoms with Gasteiger partial charge in [0.1, 0.15) is 5.82 Å². The lowest BCUT2D eigenvalue weighted by Crippen LogP contribution is -2.46. The molecule has 2 aromatic rings. The second kappa shape index (κ2) is 6.83. The summed E-state index contributed by atoms with van der Waals surface area (Å²) in [5.74, 6) is -0.0905. The Morgan fingerprint density at radius 1 is 1.05 bits per heavy atom. The first-order chi connectivity index (χ1) is 10.3. The molecule has 1 N–H and O–H groups in total. The molecule has 1 atom stereocenters. The molecule has 0 aromatic heterocycles. The quantitative estimate of drug-likeness (QED) is 0.928. The molecule has 21 heavy (non-hydrogen) atoms. The van der Waals surface area contributed by atoms with Crippen molar-refractivity contribution in [2.24, 2.45) is 0 Å². The minimum atomic E-state index is -0.0905. The van der Waals surface area contributed by atoms with E-state index in [1.807, 2.05) is 18.2 Å². The van der Waals surface area contributed by atoms with Crippen LogP contribution in [-0.4, -0.2) is 31.1 Å². The van der Waals surface area contributed by atoms with Crippen LogP contribution in [-0.2, 0) is 6.42 Å². The Labute approximate surface area is 125 Å². The smallest absolute Gasteiger partial charge is 0.126 e. The van der Waals surface area contributed by atoms with Gasteiger partial charge in [-0.25, -0.2) is 4.39 Å². The highest BCUT2D eigenvalue weighted by molar-refractivity contribution is 5.20. The van der Waals surface area contributed by atoms with Crippen molar-refractivity contribution in [1.29, 1.82) is 0 Å². The predicted octanol–water partition coefficient (Wildman–Crippen LogP) is 3.01. The number of nitrogens with one attached hydrogen (secondary N) is 1. The number of benzene rings is 2. The minimum Gasteiger partial charge on any atom is -0.308 e. The third-order valence-corrected chi connectivity index (χ3v) is 4.12. The Bertz CT molecular complexity index is 570. The second-order valence-electron chi connectivity index (χ2n) is 5.56. The van der Waals surface area contributed by atoms with Crippen LogP contribution >= 0.6 is 0 Å². The van der Waals surface area contributed by atoms with E-state index < -0.39 is 0 Å². The van der Waals surface area contributed by atoms with E-state index in [1.165, 1.54) is 5.56 Å².